The lowest BCUT2D eigenvalue weighted by atomic mass is 10.1. The van der Waals surface area contributed by atoms with E-state index in [1.54, 1.807) is 18.2 Å². The van der Waals surface area contributed by atoms with Gasteiger partial charge in [-0.2, -0.15) is 0 Å². The molecule has 2 amide bonds. The number of amides is 2. The molecule has 3 aromatic rings. The maximum atomic E-state index is 12.9. The van der Waals surface area contributed by atoms with E-state index in [0.29, 0.717) is 26.3 Å². The number of halogens is 2. The molecule has 0 bridgehead atoms. The second-order valence-corrected chi connectivity index (χ2v) is 9.09. The Morgan fingerprint density at radius 2 is 1.72 bits per heavy atom. The Labute approximate surface area is 200 Å². The predicted molar refractivity (Wildman–Crippen MR) is 130 cm³/mol. The number of nitrogens with zero attached hydrogens (tertiary/aromatic N) is 1. The summed E-state index contributed by atoms with van der Waals surface area (Å²) >= 11 is 13.1. The van der Waals surface area contributed by atoms with Gasteiger partial charge in [0.25, 0.3) is 11.1 Å². The van der Waals surface area contributed by atoms with Gasteiger partial charge >= 0.3 is 0 Å². The van der Waals surface area contributed by atoms with Crippen LogP contribution in [0.4, 0.5) is 4.79 Å². The number of hydrogen-bond acceptors (Lipinski definition) is 4. The van der Waals surface area contributed by atoms with E-state index in [1.807, 2.05) is 61.5 Å². The molecular weight excluding hydrogens is 465 g/mol. The van der Waals surface area contributed by atoms with Gasteiger partial charge < -0.3 is 4.74 Å². The van der Waals surface area contributed by atoms with Crippen LogP contribution in [-0.4, -0.2) is 16.0 Å². The van der Waals surface area contributed by atoms with E-state index in [4.69, 9.17) is 27.9 Å². The molecule has 1 heterocycles. The molecule has 162 valence electrons. The molecule has 7 heteroatoms. The molecule has 4 rings (SSSR count). The second kappa shape index (κ2) is 9.82. The molecule has 0 radical (unpaired) electrons. The van der Waals surface area contributed by atoms with Gasteiger partial charge in [0.1, 0.15) is 12.4 Å². The third-order valence-corrected chi connectivity index (χ3v) is 6.56. The van der Waals surface area contributed by atoms with Crippen LogP contribution >= 0.6 is 35.0 Å². The van der Waals surface area contributed by atoms with E-state index >= 15 is 0 Å². The molecule has 4 nitrogen and oxygen atoms in total. The number of rotatable bonds is 6. The summed E-state index contributed by atoms with van der Waals surface area (Å²) in [5.74, 6) is 0.281. The summed E-state index contributed by atoms with van der Waals surface area (Å²) in [6, 6.07) is 20.3. The molecule has 0 spiro atoms. The maximum Gasteiger partial charge on any atom is 0.293 e. The van der Waals surface area contributed by atoms with Crippen LogP contribution < -0.4 is 4.74 Å². The molecule has 0 unspecified atom stereocenters. The monoisotopic (exact) mass is 483 g/mol. The van der Waals surface area contributed by atoms with Crippen molar-refractivity contribution in [3.63, 3.8) is 0 Å². The Balaban J connectivity index is 1.53. The minimum atomic E-state index is -0.307. The normalized spacial score (nSPS) is 15.0. The third kappa shape index (κ3) is 5.01. The highest BCUT2D eigenvalue weighted by Crippen LogP contribution is 2.35. The van der Waals surface area contributed by atoms with Gasteiger partial charge in [0.15, 0.2) is 0 Å². The van der Waals surface area contributed by atoms with E-state index in [9.17, 15) is 9.59 Å². The third-order valence-electron chi connectivity index (χ3n) is 5.07. The van der Waals surface area contributed by atoms with Crippen molar-refractivity contribution in [1.82, 2.24) is 4.90 Å². The van der Waals surface area contributed by atoms with Crippen LogP contribution in [0.1, 0.15) is 22.3 Å². The number of benzene rings is 3. The first-order valence-electron chi connectivity index (χ1n) is 9.88. The van der Waals surface area contributed by atoms with Crippen molar-refractivity contribution in [2.24, 2.45) is 0 Å². The molecule has 1 saturated heterocycles. The molecule has 32 heavy (non-hydrogen) atoms. The number of para-hydroxylation sites is 1. The van der Waals surface area contributed by atoms with Gasteiger partial charge in [-0.05, 0) is 54.1 Å². The molecule has 0 saturated carbocycles. The van der Waals surface area contributed by atoms with Crippen LogP contribution in [0.3, 0.4) is 0 Å². The van der Waals surface area contributed by atoms with Gasteiger partial charge in [-0.3, -0.25) is 14.5 Å². The van der Waals surface area contributed by atoms with Crippen LogP contribution in [0.2, 0.25) is 10.0 Å². The van der Waals surface area contributed by atoms with Gasteiger partial charge in [0.05, 0.1) is 11.4 Å². The summed E-state index contributed by atoms with van der Waals surface area (Å²) in [5.41, 5.74) is 3.48. The number of imide groups is 1. The van der Waals surface area contributed by atoms with Crippen molar-refractivity contribution < 1.29 is 14.3 Å². The average molecular weight is 484 g/mol. The standard InChI is InChI=1S/C25H19Cl2NO3S/c1-16-6-2-3-8-18(16)14-28-24(29)23(32-25(28)30)12-17-7-4-5-9-22(17)31-15-19-10-11-20(26)13-21(19)27/h2-13H,14-15H2,1H3/b23-12-. The van der Waals surface area contributed by atoms with Crippen LogP contribution in [0.15, 0.2) is 71.6 Å². The van der Waals surface area contributed by atoms with Crippen molar-refractivity contribution in [3.8, 4) is 5.75 Å². The highest BCUT2D eigenvalue weighted by atomic mass is 35.5. The number of ether oxygens (including phenoxy) is 1. The average Bonchev–Trinajstić information content (AvgIpc) is 3.03. The van der Waals surface area contributed by atoms with Crippen molar-refractivity contribution in [2.75, 3.05) is 0 Å². The van der Waals surface area contributed by atoms with E-state index in [-0.39, 0.29) is 24.3 Å². The zero-order chi connectivity index (χ0) is 22.7. The smallest absolute Gasteiger partial charge is 0.293 e. The first-order valence-corrected chi connectivity index (χ1v) is 11.5. The number of aryl methyl sites for hydroxylation is 1. The molecule has 0 aromatic heterocycles. The summed E-state index contributed by atoms with van der Waals surface area (Å²) in [6.45, 7) is 2.46. The molecule has 0 atom stereocenters. The fourth-order valence-electron chi connectivity index (χ4n) is 3.26. The molecule has 1 aliphatic heterocycles. The van der Waals surface area contributed by atoms with E-state index in [2.05, 4.69) is 0 Å². The molecule has 0 aliphatic carbocycles. The van der Waals surface area contributed by atoms with Crippen LogP contribution in [-0.2, 0) is 17.9 Å². The number of thioether (sulfide) groups is 1. The zero-order valence-corrected chi connectivity index (χ0v) is 19.5. The SMILES string of the molecule is Cc1ccccc1CN1C(=O)S/C(=C\c2ccccc2OCc2ccc(Cl)cc2Cl)C1=O. The van der Waals surface area contributed by atoms with Crippen molar-refractivity contribution in [2.45, 2.75) is 20.1 Å². The van der Waals surface area contributed by atoms with E-state index < -0.39 is 0 Å². The van der Waals surface area contributed by atoms with Crippen LogP contribution in [0.25, 0.3) is 6.08 Å². The Morgan fingerprint density at radius 1 is 0.969 bits per heavy atom. The number of hydrogen-bond donors (Lipinski definition) is 0. The van der Waals surface area contributed by atoms with Gasteiger partial charge in [0.2, 0.25) is 0 Å². The lowest BCUT2D eigenvalue weighted by Crippen LogP contribution is -2.27. The molecular formula is C25H19Cl2NO3S. The minimum absolute atomic E-state index is 0.246. The first kappa shape index (κ1) is 22.5. The Hall–Kier alpha value is -2.73. The van der Waals surface area contributed by atoms with Crippen molar-refractivity contribution >= 4 is 52.2 Å². The Morgan fingerprint density at radius 3 is 2.50 bits per heavy atom. The largest absolute Gasteiger partial charge is 0.488 e. The second-order valence-electron chi connectivity index (χ2n) is 7.26. The highest BCUT2D eigenvalue weighted by molar-refractivity contribution is 8.18. The molecule has 3 aromatic carbocycles. The summed E-state index contributed by atoms with van der Waals surface area (Å²) in [7, 11) is 0. The maximum absolute atomic E-state index is 12.9. The quantitative estimate of drug-likeness (QED) is 0.350. The summed E-state index contributed by atoms with van der Waals surface area (Å²) in [6.07, 6.45) is 1.70. The van der Waals surface area contributed by atoms with Crippen LogP contribution in [0.5, 0.6) is 5.75 Å². The van der Waals surface area contributed by atoms with Gasteiger partial charge in [-0.25, -0.2) is 0 Å². The molecule has 0 N–H and O–H groups in total. The Kier molecular flexibility index (Phi) is 6.89. The minimum Gasteiger partial charge on any atom is -0.488 e. The molecule has 1 aliphatic rings. The lowest BCUT2D eigenvalue weighted by molar-refractivity contribution is -0.123. The topological polar surface area (TPSA) is 46.6 Å². The molecule has 1 fully saturated rings. The van der Waals surface area contributed by atoms with Crippen molar-refractivity contribution in [3.05, 3.63) is 104 Å². The fraction of sp³-hybridized carbons (Fsp3) is 0.120. The van der Waals surface area contributed by atoms with Gasteiger partial charge in [0, 0.05) is 21.2 Å². The fourth-order valence-corrected chi connectivity index (χ4v) is 4.55. The summed E-state index contributed by atoms with van der Waals surface area (Å²) in [4.78, 5) is 27.1. The Bertz CT molecular complexity index is 1230. The van der Waals surface area contributed by atoms with Crippen molar-refractivity contribution in [1.29, 1.82) is 0 Å². The van der Waals surface area contributed by atoms with Gasteiger partial charge in [-0.15, -0.1) is 0 Å². The van der Waals surface area contributed by atoms with Gasteiger partial charge in [-0.1, -0.05) is 71.7 Å². The first-order chi connectivity index (χ1) is 15.4. The summed E-state index contributed by atoms with van der Waals surface area (Å²) < 4.78 is 5.96. The number of carbonyl (C=O) groups excluding carboxylic acids is 2. The summed E-state index contributed by atoms with van der Waals surface area (Å²) in [5, 5.41) is 0.795. The van der Waals surface area contributed by atoms with E-state index in [1.165, 1.54) is 4.90 Å². The number of carbonyl (C=O) groups is 2. The predicted octanol–water partition coefficient (Wildman–Crippen LogP) is 7.12. The lowest BCUT2D eigenvalue weighted by Gasteiger charge is -2.14. The zero-order valence-electron chi connectivity index (χ0n) is 17.2. The van der Waals surface area contributed by atoms with E-state index in [0.717, 1.165) is 28.5 Å². The highest BCUT2D eigenvalue weighted by Gasteiger charge is 2.35. The van der Waals surface area contributed by atoms with Crippen LogP contribution in [0, 0.1) is 6.92 Å².